The summed E-state index contributed by atoms with van der Waals surface area (Å²) in [4.78, 5) is 23.6. The van der Waals surface area contributed by atoms with Crippen LogP contribution in [-0.4, -0.2) is 23.0 Å². The Balaban J connectivity index is 2.14. The molecule has 6 nitrogen and oxygen atoms in total. The molecule has 1 aromatic rings. The minimum absolute atomic E-state index is 0.274. The van der Waals surface area contributed by atoms with Crippen molar-refractivity contribution in [1.29, 1.82) is 0 Å². The van der Waals surface area contributed by atoms with Crippen LogP contribution in [0.1, 0.15) is 34.7 Å². The van der Waals surface area contributed by atoms with Crippen molar-refractivity contribution in [2.75, 3.05) is 0 Å². The molecular weight excluding hydrogens is 246 g/mol. The summed E-state index contributed by atoms with van der Waals surface area (Å²) in [7, 11) is 0. The number of aromatic nitrogens is 1. The number of rotatable bonds is 3. The number of carbonyl (C=O) groups is 2. The minimum Gasteiger partial charge on any atom is -0.369 e. The van der Waals surface area contributed by atoms with Gasteiger partial charge in [0, 0.05) is 6.04 Å². The lowest BCUT2D eigenvalue weighted by molar-refractivity contribution is -0.122. The fraction of sp³-hybridized carbons (Fsp3) is 0.462. The Morgan fingerprint density at radius 3 is 2.63 bits per heavy atom. The number of aryl methyl sites for hydroxylation is 2. The first-order valence-corrected chi connectivity index (χ1v) is 6.18. The van der Waals surface area contributed by atoms with Crippen LogP contribution in [-0.2, 0) is 4.79 Å². The fourth-order valence-corrected chi connectivity index (χ4v) is 2.34. The third-order valence-corrected chi connectivity index (χ3v) is 3.37. The molecule has 0 aliphatic heterocycles. The summed E-state index contributed by atoms with van der Waals surface area (Å²) in [6, 6.07) is -0.274. The molecule has 1 aliphatic rings. The summed E-state index contributed by atoms with van der Waals surface area (Å²) >= 11 is 0. The van der Waals surface area contributed by atoms with Gasteiger partial charge in [-0.3, -0.25) is 9.59 Å². The van der Waals surface area contributed by atoms with Gasteiger partial charge in [-0.2, -0.15) is 0 Å². The lowest BCUT2D eigenvalue weighted by Crippen LogP contribution is -2.46. The predicted octanol–water partition coefficient (Wildman–Crippen LogP) is 0.841. The van der Waals surface area contributed by atoms with Gasteiger partial charge in [0.2, 0.25) is 5.91 Å². The Labute approximate surface area is 111 Å². The van der Waals surface area contributed by atoms with E-state index in [9.17, 15) is 9.59 Å². The third kappa shape index (κ3) is 2.67. The fourth-order valence-electron chi connectivity index (χ4n) is 2.34. The molecular formula is C13H17N3O3. The average Bonchev–Trinajstić information content (AvgIpc) is 2.69. The van der Waals surface area contributed by atoms with E-state index in [-0.39, 0.29) is 17.9 Å². The van der Waals surface area contributed by atoms with Gasteiger partial charge in [0.15, 0.2) is 0 Å². The highest BCUT2D eigenvalue weighted by molar-refractivity contribution is 5.96. The SMILES string of the molecule is Cc1noc(C)c1C(=O)N[C@@H]1CC=CC[C@H]1C(N)=O. The maximum Gasteiger partial charge on any atom is 0.257 e. The summed E-state index contributed by atoms with van der Waals surface area (Å²) < 4.78 is 4.96. The highest BCUT2D eigenvalue weighted by Crippen LogP contribution is 2.20. The number of hydrogen-bond donors (Lipinski definition) is 2. The van der Waals surface area contributed by atoms with Crippen molar-refractivity contribution in [1.82, 2.24) is 10.5 Å². The maximum atomic E-state index is 12.2. The molecule has 19 heavy (non-hydrogen) atoms. The van der Waals surface area contributed by atoms with Crippen molar-refractivity contribution in [2.24, 2.45) is 11.7 Å². The summed E-state index contributed by atoms with van der Waals surface area (Å²) in [6.07, 6.45) is 5.01. The Kier molecular flexibility index (Phi) is 3.69. The molecule has 0 aromatic carbocycles. The number of hydrogen-bond acceptors (Lipinski definition) is 4. The van der Waals surface area contributed by atoms with Crippen molar-refractivity contribution in [3.8, 4) is 0 Å². The summed E-state index contributed by atoms with van der Waals surface area (Å²) in [5, 5.41) is 6.59. The van der Waals surface area contributed by atoms with Gasteiger partial charge in [-0.25, -0.2) is 0 Å². The Morgan fingerprint density at radius 1 is 1.37 bits per heavy atom. The smallest absolute Gasteiger partial charge is 0.257 e. The van der Waals surface area contributed by atoms with E-state index in [1.165, 1.54) is 0 Å². The molecule has 1 aromatic heterocycles. The van der Waals surface area contributed by atoms with Crippen LogP contribution < -0.4 is 11.1 Å². The second-order valence-corrected chi connectivity index (χ2v) is 4.73. The van der Waals surface area contributed by atoms with Crippen molar-refractivity contribution >= 4 is 11.8 Å². The Morgan fingerprint density at radius 2 is 2.05 bits per heavy atom. The normalized spacial score (nSPS) is 22.2. The van der Waals surface area contributed by atoms with Gasteiger partial charge in [-0.1, -0.05) is 17.3 Å². The molecule has 0 saturated heterocycles. The molecule has 0 radical (unpaired) electrons. The number of nitrogens with one attached hydrogen (secondary N) is 1. The topological polar surface area (TPSA) is 98.2 Å². The monoisotopic (exact) mass is 263 g/mol. The van der Waals surface area contributed by atoms with Gasteiger partial charge in [0.1, 0.15) is 11.3 Å². The largest absolute Gasteiger partial charge is 0.369 e. The van der Waals surface area contributed by atoms with Gasteiger partial charge in [-0.05, 0) is 26.7 Å². The van der Waals surface area contributed by atoms with E-state index in [4.69, 9.17) is 10.3 Å². The van der Waals surface area contributed by atoms with Gasteiger partial charge >= 0.3 is 0 Å². The molecule has 1 heterocycles. The third-order valence-electron chi connectivity index (χ3n) is 3.37. The number of primary amides is 1. The minimum atomic E-state index is -0.395. The number of allylic oxidation sites excluding steroid dienone is 1. The van der Waals surface area contributed by atoms with Gasteiger partial charge < -0.3 is 15.6 Å². The van der Waals surface area contributed by atoms with Crippen LogP contribution in [0.3, 0.4) is 0 Å². The Hall–Kier alpha value is -2.11. The van der Waals surface area contributed by atoms with E-state index >= 15 is 0 Å². The van der Waals surface area contributed by atoms with Crippen molar-refractivity contribution in [2.45, 2.75) is 32.7 Å². The van der Waals surface area contributed by atoms with E-state index in [1.54, 1.807) is 13.8 Å². The van der Waals surface area contributed by atoms with E-state index in [0.29, 0.717) is 29.9 Å². The molecule has 6 heteroatoms. The highest BCUT2D eigenvalue weighted by atomic mass is 16.5. The van der Waals surface area contributed by atoms with E-state index in [2.05, 4.69) is 10.5 Å². The first-order valence-electron chi connectivity index (χ1n) is 6.18. The number of amides is 2. The van der Waals surface area contributed by atoms with Crippen LogP contribution in [0.15, 0.2) is 16.7 Å². The molecule has 1 aliphatic carbocycles. The summed E-state index contributed by atoms with van der Waals surface area (Å²) in [5.41, 5.74) is 6.32. The molecule has 2 rings (SSSR count). The second kappa shape index (κ2) is 5.26. The van der Waals surface area contributed by atoms with Crippen LogP contribution in [0.5, 0.6) is 0 Å². The summed E-state index contributed by atoms with van der Waals surface area (Å²) in [6.45, 7) is 3.39. The van der Waals surface area contributed by atoms with E-state index < -0.39 is 5.91 Å². The van der Waals surface area contributed by atoms with Crippen molar-refractivity contribution in [3.05, 3.63) is 29.2 Å². The van der Waals surface area contributed by atoms with Crippen molar-refractivity contribution < 1.29 is 14.1 Å². The molecule has 0 spiro atoms. The first kappa shape index (κ1) is 13.3. The van der Waals surface area contributed by atoms with Crippen molar-refractivity contribution in [3.63, 3.8) is 0 Å². The quantitative estimate of drug-likeness (QED) is 0.789. The predicted molar refractivity (Wildman–Crippen MR) is 68.3 cm³/mol. The zero-order valence-electron chi connectivity index (χ0n) is 11.0. The Bertz CT molecular complexity index is 514. The molecule has 2 amide bonds. The molecule has 0 fully saturated rings. The first-order chi connectivity index (χ1) is 9.00. The standard InChI is InChI=1S/C13H17N3O3/c1-7-11(8(2)19-16-7)13(18)15-10-6-4-3-5-9(10)12(14)17/h3-4,9-10H,5-6H2,1-2H3,(H2,14,17)(H,15,18)/t9-,10-/m1/s1. The summed E-state index contributed by atoms with van der Waals surface area (Å²) in [5.74, 6) is -0.567. The zero-order chi connectivity index (χ0) is 14.0. The van der Waals surface area contributed by atoms with Crippen LogP contribution in [0.2, 0.25) is 0 Å². The molecule has 3 N–H and O–H groups in total. The van der Waals surface area contributed by atoms with Gasteiger partial charge in [0.25, 0.3) is 5.91 Å². The highest BCUT2D eigenvalue weighted by Gasteiger charge is 2.30. The molecule has 2 atom stereocenters. The maximum absolute atomic E-state index is 12.2. The van der Waals surface area contributed by atoms with Crippen LogP contribution >= 0.6 is 0 Å². The molecule has 0 bridgehead atoms. The van der Waals surface area contributed by atoms with E-state index in [0.717, 1.165) is 0 Å². The second-order valence-electron chi connectivity index (χ2n) is 4.73. The lowest BCUT2D eigenvalue weighted by atomic mass is 9.88. The van der Waals surface area contributed by atoms with Crippen LogP contribution in [0.25, 0.3) is 0 Å². The van der Waals surface area contributed by atoms with Crippen LogP contribution in [0.4, 0.5) is 0 Å². The van der Waals surface area contributed by atoms with E-state index in [1.807, 2.05) is 12.2 Å². The number of nitrogens with zero attached hydrogens (tertiary/aromatic N) is 1. The number of nitrogens with two attached hydrogens (primary N) is 1. The number of carbonyl (C=O) groups excluding carboxylic acids is 2. The lowest BCUT2D eigenvalue weighted by Gasteiger charge is -2.26. The van der Waals surface area contributed by atoms with Gasteiger partial charge in [-0.15, -0.1) is 0 Å². The molecule has 0 saturated carbocycles. The molecule has 102 valence electrons. The average molecular weight is 263 g/mol. The molecule has 0 unspecified atom stereocenters. The zero-order valence-corrected chi connectivity index (χ0v) is 11.0. The van der Waals surface area contributed by atoms with Gasteiger partial charge in [0.05, 0.1) is 11.6 Å². The van der Waals surface area contributed by atoms with Crippen LogP contribution in [0, 0.1) is 19.8 Å².